The molecule has 0 radical (unpaired) electrons. The number of rotatable bonds is 1. The lowest BCUT2D eigenvalue weighted by Gasteiger charge is -2.36. The molecule has 2 bridgehead atoms. The van der Waals surface area contributed by atoms with E-state index >= 15 is 0 Å². The molecule has 1 unspecified atom stereocenters. The summed E-state index contributed by atoms with van der Waals surface area (Å²) >= 11 is 0. The summed E-state index contributed by atoms with van der Waals surface area (Å²) in [6, 6.07) is 14.3. The van der Waals surface area contributed by atoms with Gasteiger partial charge in [-0.15, -0.1) is 0 Å². The molecule has 3 heterocycles. The molecule has 2 aliphatic heterocycles. The molecule has 0 aliphatic carbocycles. The highest BCUT2D eigenvalue weighted by Gasteiger charge is 2.22. The number of fused-ring (bicyclic) bond motifs is 3. The molecule has 32 heavy (non-hydrogen) atoms. The molecule has 2 aromatic rings. The number of nitrogens with zero attached hydrogens (tertiary/aromatic N) is 4. The number of hydrogen-bond donors (Lipinski definition) is 0. The molecule has 1 saturated heterocycles. The van der Waals surface area contributed by atoms with Crippen LogP contribution in [0.1, 0.15) is 60.1 Å². The first kappa shape index (κ1) is 22.3. The van der Waals surface area contributed by atoms with Gasteiger partial charge in [-0.2, -0.15) is 5.26 Å². The largest absolute Gasteiger partial charge is 0.492 e. The van der Waals surface area contributed by atoms with E-state index in [1.807, 2.05) is 17.0 Å². The lowest BCUT2D eigenvalue weighted by atomic mass is 9.95. The Balaban J connectivity index is 1.48. The van der Waals surface area contributed by atoms with Crippen LogP contribution >= 0.6 is 0 Å². The standard InChI is InChI=1S/C26H32N4O2/c27-19-23-11-10-22(20-28-23)26(31)30-15-4-3-14-29-13-2-1-7-24(29)12-9-21-6-5-8-25(18-21)32-17-16-30/h5-6,8,10-11,18,20,24H,1-4,7,9,12-17H2. The third-order valence-corrected chi connectivity index (χ3v) is 6.58. The Morgan fingerprint density at radius 1 is 1.03 bits per heavy atom. The maximum Gasteiger partial charge on any atom is 0.255 e. The zero-order valence-electron chi connectivity index (χ0n) is 18.7. The Labute approximate surface area is 190 Å². The summed E-state index contributed by atoms with van der Waals surface area (Å²) < 4.78 is 6.02. The molecular weight excluding hydrogens is 400 g/mol. The molecule has 0 spiro atoms. The van der Waals surface area contributed by atoms with E-state index < -0.39 is 0 Å². The van der Waals surface area contributed by atoms with Gasteiger partial charge in [0.1, 0.15) is 24.1 Å². The normalized spacial score (nSPS) is 20.7. The number of pyridine rings is 1. The van der Waals surface area contributed by atoms with Crippen LogP contribution in [0.4, 0.5) is 0 Å². The molecule has 6 heteroatoms. The van der Waals surface area contributed by atoms with Crippen LogP contribution < -0.4 is 4.74 Å². The summed E-state index contributed by atoms with van der Waals surface area (Å²) in [5, 5.41) is 8.97. The van der Waals surface area contributed by atoms with E-state index in [0.717, 1.165) is 31.6 Å². The van der Waals surface area contributed by atoms with Crippen LogP contribution in [0.15, 0.2) is 42.6 Å². The van der Waals surface area contributed by atoms with E-state index in [1.165, 1.54) is 44.0 Å². The second kappa shape index (κ2) is 11.1. The van der Waals surface area contributed by atoms with Crippen molar-refractivity contribution in [2.24, 2.45) is 0 Å². The van der Waals surface area contributed by atoms with Gasteiger partial charge in [0.2, 0.25) is 0 Å². The van der Waals surface area contributed by atoms with Crippen molar-refractivity contribution in [3.63, 3.8) is 0 Å². The highest BCUT2D eigenvalue weighted by molar-refractivity contribution is 5.94. The topological polar surface area (TPSA) is 69.5 Å². The van der Waals surface area contributed by atoms with Gasteiger partial charge in [0.05, 0.1) is 12.1 Å². The predicted molar refractivity (Wildman–Crippen MR) is 124 cm³/mol. The monoisotopic (exact) mass is 432 g/mol. The Kier molecular flexibility index (Phi) is 7.73. The minimum absolute atomic E-state index is 0.0560. The number of carbonyl (C=O) groups is 1. The van der Waals surface area contributed by atoms with Gasteiger partial charge >= 0.3 is 0 Å². The zero-order valence-corrected chi connectivity index (χ0v) is 18.7. The van der Waals surface area contributed by atoms with Gasteiger partial charge in [-0.25, -0.2) is 4.98 Å². The van der Waals surface area contributed by atoms with E-state index in [-0.39, 0.29) is 5.91 Å². The van der Waals surface area contributed by atoms with Crippen molar-refractivity contribution < 1.29 is 9.53 Å². The van der Waals surface area contributed by atoms with Crippen molar-refractivity contribution >= 4 is 5.91 Å². The van der Waals surface area contributed by atoms with Crippen molar-refractivity contribution in [3.05, 3.63) is 59.4 Å². The molecule has 1 aromatic carbocycles. The maximum atomic E-state index is 13.1. The maximum absolute atomic E-state index is 13.1. The third kappa shape index (κ3) is 5.86. The lowest BCUT2D eigenvalue weighted by molar-refractivity contribution is 0.0721. The van der Waals surface area contributed by atoms with E-state index in [1.54, 1.807) is 12.1 Å². The molecule has 2 aliphatic rings. The van der Waals surface area contributed by atoms with Crippen LogP contribution in [0.25, 0.3) is 0 Å². The number of aryl methyl sites for hydroxylation is 1. The fourth-order valence-corrected chi connectivity index (χ4v) is 4.78. The summed E-state index contributed by atoms with van der Waals surface area (Å²) in [5.74, 6) is 0.810. The molecule has 1 fully saturated rings. The Bertz CT molecular complexity index is 938. The van der Waals surface area contributed by atoms with Gasteiger partial charge in [0, 0.05) is 18.8 Å². The van der Waals surface area contributed by atoms with Crippen LogP contribution in [-0.4, -0.2) is 59.5 Å². The van der Waals surface area contributed by atoms with Crippen molar-refractivity contribution in [2.45, 2.75) is 51.0 Å². The second-order valence-electron chi connectivity index (χ2n) is 8.76. The number of benzene rings is 1. The van der Waals surface area contributed by atoms with E-state index in [2.05, 4.69) is 28.1 Å². The van der Waals surface area contributed by atoms with Crippen LogP contribution in [0, 0.1) is 11.3 Å². The number of piperidine rings is 1. The average Bonchev–Trinajstić information content (AvgIpc) is 2.84. The van der Waals surface area contributed by atoms with Crippen LogP contribution in [0.3, 0.4) is 0 Å². The van der Waals surface area contributed by atoms with Crippen LogP contribution in [-0.2, 0) is 6.42 Å². The SMILES string of the molecule is N#Cc1ccc(C(=O)N2CCCCN3CCCCC3CCc3cccc(c3)OCC2)cn1. The fourth-order valence-electron chi connectivity index (χ4n) is 4.78. The summed E-state index contributed by atoms with van der Waals surface area (Å²) in [6.07, 6.45) is 9.72. The summed E-state index contributed by atoms with van der Waals surface area (Å²) in [6.45, 7) is 3.96. The first-order valence-corrected chi connectivity index (χ1v) is 11.8. The van der Waals surface area contributed by atoms with Crippen LogP contribution in [0.5, 0.6) is 5.75 Å². The number of nitriles is 1. The van der Waals surface area contributed by atoms with Gasteiger partial charge in [0.15, 0.2) is 0 Å². The Morgan fingerprint density at radius 3 is 2.69 bits per heavy atom. The zero-order chi connectivity index (χ0) is 22.2. The molecule has 0 N–H and O–H groups in total. The minimum Gasteiger partial charge on any atom is -0.492 e. The first-order valence-electron chi connectivity index (χ1n) is 11.8. The van der Waals surface area contributed by atoms with E-state index in [9.17, 15) is 4.79 Å². The Morgan fingerprint density at radius 2 is 1.88 bits per heavy atom. The van der Waals surface area contributed by atoms with Crippen molar-refractivity contribution in [1.29, 1.82) is 5.26 Å². The number of amides is 1. The van der Waals surface area contributed by atoms with Gasteiger partial charge < -0.3 is 14.5 Å². The third-order valence-electron chi connectivity index (χ3n) is 6.58. The summed E-state index contributed by atoms with van der Waals surface area (Å²) in [7, 11) is 0. The first-order chi connectivity index (χ1) is 15.7. The number of aromatic nitrogens is 1. The highest BCUT2D eigenvalue weighted by Crippen LogP contribution is 2.23. The Hall–Kier alpha value is -2.91. The number of carbonyl (C=O) groups excluding carboxylic acids is 1. The predicted octanol–water partition coefficient (Wildman–Crippen LogP) is 4.06. The minimum atomic E-state index is -0.0560. The molecule has 1 amide bonds. The highest BCUT2D eigenvalue weighted by atomic mass is 16.5. The van der Waals surface area contributed by atoms with E-state index in [0.29, 0.717) is 37.0 Å². The molecule has 168 valence electrons. The molecule has 4 rings (SSSR count). The molecule has 6 nitrogen and oxygen atoms in total. The fraction of sp³-hybridized carbons (Fsp3) is 0.500. The molecular formula is C26H32N4O2. The number of ether oxygens (including phenoxy) is 1. The van der Waals surface area contributed by atoms with Crippen molar-refractivity contribution in [1.82, 2.24) is 14.8 Å². The molecule has 1 aromatic heterocycles. The van der Waals surface area contributed by atoms with Gasteiger partial charge in [-0.1, -0.05) is 18.6 Å². The van der Waals surface area contributed by atoms with Crippen LogP contribution in [0.2, 0.25) is 0 Å². The second-order valence-corrected chi connectivity index (χ2v) is 8.76. The average molecular weight is 433 g/mol. The van der Waals surface area contributed by atoms with Gasteiger partial charge in [0.25, 0.3) is 5.91 Å². The summed E-state index contributed by atoms with van der Waals surface area (Å²) in [5.41, 5.74) is 2.15. The molecule has 0 saturated carbocycles. The van der Waals surface area contributed by atoms with Gasteiger partial charge in [-0.05, 0) is 81.4 Å². The van der Waals surface area contributed by atoms with E-state index in [4.69, 9.17) is 10.00 Å². The van der Waals surface area contributed by atoms with Gasteiger partial charge in [-0.3, -0.25) is 4.79 Å². The lowest BCUT2D eigenvalue weighted by Crippen LogP contribution is -2.40. The van der Waals surface area contributed by atoms with Crippen molar-refractivity contribution in [2.75, 3.05) is 32.8 Å². The smallest absolute Gasteiger partial charge is 0.255 e. The quantitative estimate of drug-likeness (QED) is 0.680. The number of hydrogen-bond acceptors (Lipinski definition) is 5. The summed E-state index contributed by atoms with van der Waals surface area (Å²) in [4.78, 5) is 21.7. The molecule has 1 atom stereocenters. The van der Waals surface area contributed by atoms with Crippen molar-refractivity contribution in [3.8, 4) is 11.8 Å².